The first-order valence-corrected chi connectivity index (χ1v) is 8.39. The summed E-state index contributed by atoms with van der Waals surface area (Å²) in [7, 11) is 0. The molecule has 0 aromatic carbocycles. The number of amides is 1. The summed E-state index contributed by atoms with van der Waals surface area (Å²) in [5.74, 6) is -0.0314. The molecule has 0 unspecified atom stereocenters. The number of piperidine rings is 1. The van der Waals surface area contributed by atoms with E-state index >= 15 is 0 Å². The Morgan fingerprint density at radius 1 is 1.44 bits per heavy atom. The number of β-amino-alcohol motifs (C(OH)–C–C–N with tert-alkyl or cyclic N) is 1. The average Bonchev–Trinajstić information content (AvgIpc) is 3.10. The monoisotopic (exact) mass is 347 g/mol. The molecular formula is C17H22FN5O2. The van der Waals surface area contributed by atoms with Gasteiger partial charge in [-0.05, 0) is 31.9 Å². The van der Waals surface area contributed by atoms with Crippen molar-refractivity contribution in [1.82, 2.24) is 20.1 Å². The van der Waals surface area contributed by atoms with Gasteiger partial charge >= 0.3 is 0 Å². The lowest BCUT2D eigenvalue weighted by atomic mass is 9.92. The number of rotatable bonds is 5. The molecule has 1 atom stereocenters. The normalized spacial score (nSPS) is 20.5. The molecule has 8 heteroatoms. The number of carbonyl (C=O) groups is 1. The summed E-state index contributed by atoms with van der Waals surface area (Å²) in [4.78, 5) is 18.2. The highest BCUT2D eigenvalue weighted by Gasteiger charge is 2.34. The molecule has 3 heterocycles. The molecule has 1 fully saturated rings. The van der Waals surface area contributed by atoms with Crippen molar-refractivity contribution in [3.05, 3.63) is 42.1 Å². The first-order chi connectivity index (χ1) is 12.0. The molecule has 2 N–H and O–H groups in total. The van der Waals surface area contributed by atoms with E-state index in [4.69, 9.17) is 0 Å². The third-order valence-corrected chi connectivity index (χ3v) is 4.39. The van der Waals surface area contributed by atoms with Crippen molar-refractivity contribution in [3.8, 4) is 0 Å². The molecule has 2 aromatic heterocycles. The molecule has 134 valence electrons. The fraction of sp³-hybridized carbons (Fsp3) is 0.471. The number of nitrogens with zero attached hydrogens (tertiary/aromatic N) is 4. The highest BCUT2D eigenvalue weighted by Crippen LogP contribution is 2.24. The minimum absolute atomic E-state index is 0.140. The SMILES string of the molecule is CCn1cc(C(=O)NC[C@@]2(O)CCCN(c3ccc(F)cn3)C2)cn1. The average molecular weight is 347 g/mol. The molecule has 0 spiro atoms. The van der Waals surface area contributed by atoms with Crippen molar-refractivity contribution in [1.29, 1.82) is 0 Å². The maximum absolute atomic E-state index is 13.0. The van der Waals surface area contributed by atoms with Crippen LogP contribution < -0.4 is 10.2 Å². The van der Waals surface area contributed by atoms with Crippen molar-refractivity contribution in [2.75, 3.05) is 24.5 Å². The van der Waals surface area contributed by atoms with Gasteiger partial charge in [0, 0.05) is 32.4 Å². The zero-order chi connectivity index (χ0) is 17.9. The Morgan fingerprint density at radius 2 is 2.28 bits per heavy atom. The summed E-state index contributed by atoms with van der Waals surface area (Å²) in [5.41, 5.74) is -0.580. The highest BCUT2D eigenvalue weighted by molar-refractivity contribution is 5.93. The molecule has 1 amide bonds. The summed E-state index contributed by atoms with van der Waals surface area (Å²) < 4.78 is 14.7. The van der Waals surface area contributed by atoms with Crippen LogP contribution in [0.25, 0.3) is 0 Å². The largest absolute Gasteiger partial charge is 0.386 e. The van der Waals surface area contributed by atoms with Gasteiger partial charge in [0.15, 0.2) is 0 Å². The Morgan fingerprint density at radius 3 is 2.96 bits per heavy atom. The maximum Gasteiger partial charge on any atom is 0.254 e. The molecule has 0 radical (unpaired) electrons. The van der Waals surface area contributed by atoms with E-state index in [1.165, 1.54) is 12.3 Å². The molecule has 25 heavy (non-hydrogen) atoms. The standard InChI is InChI=1S/C17H22FN5O2/c1-2-23-10-13(8-21-23)16(24)20-11-17(25)6-3-7-22(12-17)15-5-4-14(18)9-19-15/h4-5,8-10,25H,2-3,6-7,11-12H2,1H3,(H,20,24)/t17-/m0/s1. The van der Waals surface area contributed by atoms with Crippen molar-refractivity contribution in [2.24, 2.45) is 0 Å². The number of hydrogen-bond donors (Lipinski definition) is 2. The van der Waals surface area contributed by atoms with E-state index in [0.29, 0.717) is 30.9 Å². The Hall–Kier alpha value is -2.48. The van der Waals surface area contributed by atoms with Gasteiger partial charge in [-0.1, -0.05) is 0 Å². The van der Waals surface area contributed by atoms with Crippen LogP contribution in [0.2, 0.25) is 0 Å². The van der Waals surface area contributed by atoms with Crippen LogP contribution in [0.5, 0.6) is 0 Å². The van der Waals surface area contributed by atoms with Gasteiger partial charge in [0.25, 0.3) is 5.91 Å². The lowest BCUT2D eigenvalue weighted by molar-refractivity contribution is 0.0254. The number of anilines is 1. The summed E-state index contributed by atoms with van der Waals surface area (Å²) in [6.45, 7) is 3.84. The van der Waals surface area contributed by atoms with Crippen LogP contribution in [-0.2, 0) is 6.54 Å². The van der Waals surface area contributed by atoms with Crippen molar-refractivity contribution >= 4 is 11.7 Å². The van der Waals surface area contributed by atoms with Crippen molar-refractivity contribution < 1.29 is 14.3 Å². The molecule has 2 aromatic rings. The molecule has 1 aliphatic heterocycles. The van der Waals surface area contributed by atoms with Crippen LogP contribution in [0.4, 0.5) is 10.2 Å². The minimum Gasteiger partial charge on any atom is -0.386 e. The summed E-state index contributed by atoms with van der Waals surface area (Å²) in [6, 6.07) is 2.95. The molecule has 1 saturated heterocycles. The summed E-state index contributed by atoms with van der Waals surface area (Å²) >= 11 is 0. The number of pyridine rings is 1. The maximum atomic E-state index is 13.0. The Bertz CT molecular complexity index is 733. The number of aromatic nitrogens is 3. The summed E-state index contributed by atoms with van der Waals surface area (Å²) in [6.07, 6.45) is 5.70. The molecule has 1 aliphatic rings. The summed E-state index contributed by atoms with van der Waals surface area (Å²) in [5, 5.41) is 17.7. The van der Waals surface area contributed by atoms with Gasteiger partial charge in [0.2, 0.25) is 0 Å². The fourth-order valence-corrected chi connectivity index (χ4v) is 3.01. The second-order valence-electron chi connectivity index (χ2n) is 6.35. The zero-order valence-corrected chi connectivity index (χ0v) is 14.2. The van der Waals surface area contributed by atoms with E-state index in [1.807, 2.05) is 11.8 Å². The first-order valence-electron chi connectivity index (χ1n) is 8.39. The van der Waals surface area contributed by atoms with E-state index in [0.717, 1.165) is 19.2 Å². The van der Waals surface area contributed by atoms with Crippen LogP contribution in [-0.4, -0.2) is 51.0 Å². The van der Waals surface area contributed by atoms with Gasteiger partial charge in [0.05, 0.1) is 23.6 Å². The third kappa shape index (κ3) is 4.14. The topological polar surface area (TPSA) is 83.3 Å². The minimum atomic E-state index is -1.05. The van der Waals surface area contributed by atoms with Crippen molar-refractivity contribution in [3.63, 3.8) is 0 Å². The highest BCUT2D eigenvalue weighted by atomic mass is 19.1. The lowest BCUT2D eigenvalue weighted by Crippen LogP contribution is -2.54. The van der Waals surface area contributed by atoms with Crippen LogP contribution in [0.1, 0.15) is 30.1 Å². The quantitative estimate of drug-likeness (QED) is 0.849. The number of hydrogen-bond acceptors (Lipinski definition) is 5. The van der Waals surface area contributed by atoms with E-state index in [-0.39, 0.29) is 12.5 Å². The Kier molecular flexibility index (Phi) is 4.98. The predicted octanol–water partition coefficient (Wildman–Crippen LogP) is 1.20. The second-order valence-corrected chi connectivity index (χ2v) is 6.35. The first kappa shape index (κ1) is 17.3. The molecule has 0 bridgehead atoms. The van der Waals surface area contributed by atoms with E-state index in [2.05, 4.69) is 15.4 Å². The van der Waals surface area contributed by atoms with Gasteiger partial charge in [-0.2, -0.15) is 5.10 Å². The Balaban J connectivity index is 1.60. The van der Waals surface area contributed by atoms with Gasteiger partial charge in [-0.3, -0.25) is 9.48 Å². The van der Waals surface area contributed by atoms with Crippen LogP contribution >= 0.6 is 0 Å². The van der Waals surface area contributed by atoms with E-state index in [9.17, 15) is 14.3 Å². The molecular weight excluding hydrogens is 325 g/mol. The smallest absolute Gasteiger partial charge is 0.254 e. The van der Waals surface area contributed by atoms with E-state index in [1.54, 1.807) is 16.9 Å². The van der Waals surface area contributed by atoms with Crippen LogP contribution in [0, 0.1) is 5.82 Å². The number of carbonyl (C=O) groups excluding carboxylic acids is 1. The van der Waals surface area contributed by atoms with Gasteiger partial charge in [-0.15, -0.1) is 0 Å². The zero-order valence-electron chi connectivity index (χ0n) is 14.2. The fourth-order valence-electron chi connectivity index (χ4n) is 3.01. The van der Waals surface area contributed by atoms with Crippen LogP contribution in [0.15, 0.2) is 30.7 Å². The number of aliphatic hydroxyl groups is 1. The third-order valence-electron chi connectivity index (χ3n) is 4.39. The van der Waals surface area contributed by atoms with E-state index < -0.39 is 11.4 Å². The molecule has 3 rings (SSSR count). The number of nitrogens with one attached hydrogen (secondary N) is 1. The van der Waals surface area contributed by atoms with Gasteiger partial charge in [-0.25, -0.2) is 9.37 Å². The van der Waals surface area contributed by atoms with Crippen molar-refractivity contribution in [2.45, 2.75) is 31.9 Å². The molecule has 7 nitrogen and oxygen atoms in total. The Labute approximate surface area is 145 Å². The van der Waals surface area contributed by atoms with Crippen LogP contribution in [0.3, 0.4) is 0 Å². The second kappa shape index (κ2) is 7.18. The number of aryl methyl sites for hydroxylation is 1. The number of halogens is 1. The van der Waals surface area contributed by atoms with Gasteiger partial charge in [0.1, 0.15) is 11.6 Å². The molecule has 0 saturated carbocycles. The molecule has 0 aliphatic carbocycles. The predicted molar refractivity (Wildman–Crippen MR) is 90.8 cm³/mol. The lowest BCUT2D eigenvalue weighted by Gasteiger charge is -2.39. The van der Waals surface area contributed by atoms with Gasteiger partial charge < -0.3 is 15.3 Å².